The molecule has 0 aliphatic heterocycles. The van der Waals surface area contributed by atoms with Gasteiger partial charge in [0.25, 0.3) is 0 Å². The van der Waals surface area contributed by atoms with E-state index in [4.69, 9.17) is 19.7 Å². The summed E-state index contributed by atoms with van der Waals surface area (Å²) in [7, 11) is 1.73. The number of benzene rings is 7. The topological polar surface area (TPSA) is 65.7 Å². The van der Waals surface area contributed by atoms with E-state index in [0.29, 0.717) is 17.6 Å². The molecule has 6 nitrogen and oxygen atoms in total. The summed E-state index contributed by atoms with van der Waals surface area (Å²) in [6.45, 7) is 4.65. The van der Waals surface area contributed by atoms with Crippen LogP contribution in [0.15, 0.2) is 182 Å². The molecule has 10 aromatic rings. The third kappa shape index (κ3) is 5.87. The predicted molar refractivity (Wildman–Crippen MR) is 243 cm³/mol. The molecular weight excluding hydrogens is 735 g/mol. The number of aromatic nitrogens is 5. The van der Waals surface area contributed by atoms with E-state index in [1.54, 1.807) is 7.11 Å². The summed E-state index contributed by atoms with van der Waals surface area (Å²) in [5.41, 5.74) is 15.2. The van der Waals surface area contributed by atoms with Crippen molar-refractivity contribution in [2.45, 2.75) is 19.3 Å². The third-order valence-electron chi connectivity index (χ3n) is 12.0. The molecule has 0 atom stereocenters. The van der Waals surface area contributed by atoms with Crippen LogP contribution in [0.25, 0.3) is 95.2 Å². The zero-order valence-corrected chi connectivity index (χ0v) is 33.5. The highest BCUT2D eigenvalue weighted by molar-refractivity contribution is 6.12. The van der Waals surface area contributed by atoms with Crippen molar-refractivity contribution in [3.63, 3.8) is 0 Å². The van der Waals surface area contributed by atoms with Crippen LogP contribution in [0.1, 0.15) is 25.0 Å². The highest BCUT2D eigenvalue weighted by atomic mass is 16.5. The molecule has 0 saturated carbocycles. The van der Waals surface area contributed by atoms with Gasteiger partial charge in [0, 0.05) is 39.1 Å². The zero-order valence-electron chi connectivity index (χ0n) is 33.5. The molecule has 6 heteroatoms. The summed E-state index contributed by atoms with van der Waals surface area (Å²) in [4.78, 5) is 20.1. The SMILES string of the molecule is COc1cc(-c2cccc(-c3ccccn3)c2)cc(-c2ccc3c(c2)c2cc4c(cc2n3-c2nc(-c3ccccc3)nc(-c3ccccc3)n2)C(C)(C)c2ccccc2-4)c1. The van der Waals surface area contributed by atoms with Gasteiger partial charge in [-0.25, -0.2) is 4.98 Å². The van der Waals surface area contributed by atoms with Crippen LogP contribution < -0.4 is 4.74 Å². The lowest BCUT2D eigenvalue weighted by Crippen LogP contribution is -2.15. The summed E-state index contributed by atoms with van der Waals surface area (Å²) in [5, 5.41) is 2.24. The summed E-state index contributed by atoms with van der Waals surface area (Å²) >= 11 is 0. The van der Waals surface area contributed by atoms with E-state index in [2.05, 4.69) is 145 Å². The molecule has 7 aromatic carbocycles. The number of pyridine rings is 1. The number of hydrogen-bond acceptors (Lipinski definition) is 5. The Morgan fingerprint density at radius 1 is 0.450 bits per heavy atom. The van der Waals surface area contributed by atoms with Crippen LogP contribution in [-0.2, 0) is 5.41 Å². The highest BCUT2D eigenvalue weighted by Gasteiger charge is 2.36. The average Bonchev–Trinajstić information content (AvgIpc) is 3.75. The van der Waals surface area contributed by atoms with Crippen LogP contribution in [0.4, 0.5) is 0 Å². The first kappa shape index (κ1) is 35.5. The maximum atomic E-state index is 5.93. The van der Waals surface area contributed by atoms with Crippen LogP contribution in [0.3, 0.4) is 0 Å². The fourth-order valence-corrected chi connectivity index (χ4v) is 8.95. The van der Waals surface area contributed by atoms with E-state index in [9.17, 15) is 0 Å². The Morgan fingerprint density at radius 3 is 1.77 bits per heavy atom. The standard InChI is InChI=1S/C54H39N5O/c1-54(2)46-22-11-10-21-42(46)43-32-45-44-31-37(40-28-39(29-41(30-40)60-3)36-19-14-20-38(27-36)48-23-12-13-26-55-48)24-25-49(44)59(50(45)33-47(43)54)53-57-51(34-15-6-4-7-16-34)56-52(58-53)35-17-8-5-9-18-35/h4-33H,1-3H3. The van der Waals surface area contributed by atoms with Crippen LogP contribution in [0.2, 0.25) is 0 Å². The molecule has 0 saturated heterocycles. The van der Waals surface area contributed by atoms with E-state index in [1.165, 1.54) is 22.3 Å². The molecule has 11 rings (SSSR count). The Labute approximate surface area is 348 Å². The number of methoxy groups -OCH3 is 1. The molecule has 0 unspecified atom stereocenters. The predicted octanol–water partition coefficient (Wildman–Crippen LogP) is 13.0. The molecule has 0 radical (unpaired) electrons. The van der Waals surface area contributed by atoms with E-state index in [-0.39, 0.29) is 5.41 Å². The van der Waals surface area contributed by atoms with E-state index in [0.717, 1.165) is 72.2 Å². The highest BCUT2D eigenvalue weighted by Crippen LogP contribution is 2.51. The quantitative estimate of drug-likeness (QED) is 0.161. The molecule has 60 heavy (non-hydrogen) atoms. The monoisotopic (exact) mass is 773 g/mol. The van der Waals surface area contributed by atoms with Crippen molar-refractivity contribution < 1.29 is 4.74 Å². The van der Waals surface area contributed by atoms with Gasteiger partial charge in [-0.15, -0.1) is 0 Å². The molecule has 286 valence electrons. The smallest absolute Gasteiger partial charge is 0.238 e. The minimum absolute atomic E-state index is 0.194. The Balaban J connectivity index is 1.15. The van der Waals surface area contributed by atoms with Crippen molar-refractivity contribution in [1.29, 1.82) is 0 Å². The Bertz CT molecular complexity index is 3210. The van der Waals surface area contributed by atoms with Gasteiger partial charge in [0.15, 0.2) is 11.6 Å². The van der Waals surface area contributed by atoms with Crippen molar-refractivity contribution in [3.05, 3.63) is 193 Å². The lowest BCUT2D eigenvalue weighted by molar-refractivity contribution is 0.415. The fourth-order valence-electron chi connectivity index (χ4n) is 8.95. The van der Waals surface area contributed by atoms with Gasteiger partial charge >= 0.3 is 0 Å². The first-order valence-corrected chi connectivity index (χ1v) is 20.2. The van der Waals surface area contributed by atoms with Crippen molar-refractivity contribution in [1.82, 2.24) is 24.5 Å². The number of ether oxygens (including phenoxy) is 1. The van der Waals surface area contributed by atoms with Gasteiger partial charge in [0.1, 0.15) is 5.75 Å². The van der Waals surface area contributed by atoms with Gasteiger partial charge in [-0.3, -0.25) is 9.55 Å². The molecule has 0 spiro atoms. The fraction of sp³-hybridized carbons (Fsp3) is 0.0741. The molecule has 0 bridgehead atoms. The second-order valence-electron chi connectivity index (χ2n) is 15.9. The first-order valence-electron chi connectivity index (χ1n) is 20.2. The summed E-state index contributed by atoms with van der Waals surface area (Å²) < 4.78 is 8.16. The van der Waals surface area contributed by atoms with Gasteiger partial charge < -0.3 is 4.74 Å². The van der Waals surface area contributed by atoms with E-state index >= 15 is 0 Å². The van der Waals surface area contributed by atoms with Gasteiger partial charge in [-0.05, 0) is 105 Å². The molecule has 1 aliphatic rings. The van der Waals surface area contributed by atoms with Crippen molar-refractivity contribution >= 4 is 21.8 Å². The Kier molecular flexibility index (Phi) is 8.27. The number of fused-ring (bicyclic) bond motifs is 6. The Hall–Kier alpha value is -7.70. The molecule has 3 aromatic heterocycles. The van der Waals surface area contributed by atoms with E-state index in [1.807, 2.05) is 60.8 Å². The Morgan fingerprint density at radius 2 is 1.07 bits per heavy atom. The lowest BCUT2D eigenvalue weighted by atomic mass is 9.82. The van der Waals surface area contributed by atoms with Gasteiger partial charge in [0.05, 0.1) is 23.8 Å². The lowest BCUT2D eigenvalue weighted by Gasteiger charge is -2.21. The normalized spacial score (nSPS) is 12.7. The molecule has 0 fully saturated rings. The van der Waals surface area contributed by atoms with Crippen LogP contribution in [-0.4, -0.2) is 31.6 Å². The summed E-state index contributed by atoms with van der Waals surface area (Å²) in [6, 6.07) is 61.6. The average molecular weight is 774 g/mol. The van der Waals surface area contributed by atoms with Gasteiger partial charge in [0.2, 0.25) is 5.95 Å². The van der Waals surface area contributed by atoms with Crippen molar-refractivity contribution in [2.75, 3.05) is 7.11 Å². The van der Waals surface area contributed by atoms with Gasteiger partial charge in [-0.2, -0.15) is 9.97 Å². The molecule has 0 N–H and O–H groups in total. The zero-order chi connectivity index (χ0) is 40.4. The summed E-state index contributed by atoms with van der Waals surface area (Å²) in [6.07, 6.45) is 1.83. The van der Waals surface area contributed by atoms with Crippen molar-refractivity contribution in [3.8, 4) is 79.1 Å². The van der Waals surface area contributed by atoms with Crippen LogP contribution >= 0.6 is 0 Å². The second kappa shape index (κ2) is 14.0. The maximum Gasteiger partial charge on any atom is 0.238 e. The minimum atomic E-state index is -0.194. The maximum absolute atomic E-state index is 5.93. The summed E-state index contributed by atoms with van der Waals surface area (Å²) in [5.74, 6) is 2.60. The van der Waals surface area contributed by atoms with Crippen molar-refractivity contribution in [2.24, 2.45) is 0 Å². The first-order chi connectivity index (χ1) is 29.4. The molecule has 0 amide bonds. The number of hydrogen-bond donors (Lipinski definition) is 0. The molecule has 1 aliphatic carbocycles. The second-order valence-corrected chi connectivity index (χ2v) is 15.9. The number of rotatable bonds is 7. The van der Waals surface area contributed by atoms with Crippen LogP contribution in [0.5, 0.6) is 5.75 Å². The minimum Gasteiger partial charge on any atom is -0.497 e. The third-order valence-corrected chi connectivity index (χ3v) is 12.0. The van der Waals surface area contributed by atoms with Gasteiger partial charge in [-0.1, -0.05) is 129 Å². The van der Waals surface area contributed by atoms with E-state index < -0.39 is 0 Å². The number of nitrogens with zero attached hydrogens (tertiary/aromatic N) is 5. The molecule has 3 heterocycles. The van der Waals surface area contributed by atoms with Crippen LogP contribution in [0, 0.1) is 0 Å². The largest absolute Gasteiger partial charge is 0.497 e. The molecular formula is C54H39N5O.